The largest absolute Gasteiger partial charge is 0.479 e. The second-order valence-corrected chi connectivity index (χ2v) is 8.77. The summed E-state index contributed by atoms with van der Waals surface area (Å²) in [6.45, 7) is 1.68. The summed E-state index contributed by atoms with van der Waals surface area (Å²) < 4.78 is 12.0. The van der Waals surface area contributed by atoms with Crippen molar-refractivity contribution in [3.05, 3.63) is 31.5 Å². The Morgan fingerprint density at radius 3 is 2.55 bits per heavy atom. The summed E-state index contributed by atoms with van der Waals surface area (Å²) in [5.41, 5.74) is 0.682. The van der Waals surface area contributed by atoms with Gasteiger partial charge in [-0.2, -0.15) is 0 Å². The lowest BCUT2D eigenvalue weighted by atomic mass is 10.2. The van der Waals surface area contributed by atoms with Gasteiger partial charge in [0.1, 0.15) is 18.9 Å². The van der Waals surface area contributed by atoms with E-state index in [9.17, 15) is 14.4 Å². The van der Waals surface area contributed by atoms with Crippen LogP contribution in [0.2, 0.25) is 0 Å². The average molecular weight is 544 g/mol. The average Bonchev–Trinajstić information content (AvgIpc) is 2.95. The zero-order valence-electron chi connectivity index (χ0n) is 15.2. The molecule has 10 heteroatoms. The molecule has 1 aromatic carbocycles. The molecule has 0 atom stereocenters. The van der Waals surface area contributed by atoms with E-state index in [0.29, 0.717) is 46.6 Å². The number of terminal acetylenes is 1. The van der Waals surface area contributed by atoms with Crippen LogP contribution in [0.15, 0.2) is 26.0 Å². The van der Waals surface area contributed by atoms with E-state index in [1.54, 1.807) is 23.1 Å². The third-order valence-electron chi connectivity index (χ3n) is 4.15. The molecule has 2 fully saturated rings. The topological polar surface area (TPSA) is 76.2 Å². The van der Waals surface area contributed by atoms with Crippen LogP contribution in [0.3, 0.4) is 0 Å². The molecule has 2 heterocycles. The Balaban J connectivity index is 1.74. The third-order valence-corrected chi connectivity index (χ3v) is 6.23. The number of carbonyl (C=O) groups is 3. The molecule has 0 N–H and O–H groups in total. The van der Waals surface area contributed by atoms with Crippen molar-refractivity contribution in [3.8, 4) is 18.1 Å². The minimum atomic E-state index is -0.485. The van der Waals surface area contributed by atoms with Gasteiger partial charge in [-0.05, 0) is 67.4 Å². The first-order chi connectivity index (χ1) is 13.9. The van der Waals surface area contributed by atoms with Crippen molar-refractivity contribution in [3.63, 3.8) is 0 Å². The minimum absolute atomic E-state index is 0.118. The summed E-state index contributed by atoms with van der Waals surface area (Å²) in [6, 6.07) is 3.51. The maximum absolute atomic E-state index is 12.7. The number of carbonyl (C=O) groups excluding carboxylic acids is 3. The van der Waals surface area contributed by atoms with Gasteiger partial charge >= 0.3 is 0 Å². The van der Waals surface area contributed by atoms with E-state index >= 15 is 0 Å². The van der Waals surface area contributed by atoms with Crippen LogP contribution in [0.25, 0.3) is 6.08 Å². The van der Waals surface area contributed by atoms with E-state index < -0.39 is 11.1 Å². The molecule has 0 radical (unpaired) electrons. The monoisotopic (exact) mass is 542 g/mol. The van der Waals surface area contributed by atoms with Crippen molar-refractivity contribution >= 4 is 66.8 Å². The molecular formula is C19H16Br2N2O5S. The Morgan fingerprint density at radius 2 is 1.93 bits per heavy atom. The van der Waals surface area contributed by atoms with Crippen LogP contribution in [0.1, 0.15) is 5.56 Å². The van der Waals surface area contributed by atoms with E-state index in [0.717, 1.165) is 16.7 Å². The second kappa shape index (κ2) is 9.80. The van der Waals surface area contributed by atoms with Crippen LogP contribution in [0.4, 0.5) is 4.79 Å². The Kier molecular flexibility index (Phi) is 7.40. The Morgan fingerprint density at radius 1 is 1.28 bits per heavy atom. The molecule has 3 amide bonds. The Bertz CT molecular complexity index is 899. The van der Waals surface area contributed by atoms with E-state index in [-0.39, 0.29) is 24.0 Å². The summed E-state index contributed by atoms with van der Waals surface area (Å²) >= 11 is 7.63. The summed E-state index contributed by atoms with van der Waals surface area (Å²) in [7, 11) is 0. The fourth-order valence-corrected chi connectivity index (χ4v) is 5.04. The normalized spacial score (nSPS) is 18.3. The van der Waals surface area contributed by atoms with E-state index in [1.165, 1.54) is 0 Å². The molecule has 1 aromatic rings. The lowest BCUT2D eigenvalue weighted by molar-refractivity contribution is -0.139. The van der Waals surface area contributed by atoms with Crippen molar-refractivity contribution in [1.82, 2.24) is 9.80 Å². The van der Waals surface area contributed by atoms with Crippen LogP contribution in [-0.4, -0.2) is 66.3 Å². The van der Waals surface area contributed by atoms with Crippen LogP contribution in [-0.2, 0) is 14.3 Å². The van der Waals surface area contributed by atoms with E-state index in [4.69, 9.17) is 15.9 Å². The van der Waals surface area contributed by atoms with Crippen LogP contribution in [0, 0.1) is 12.3 Å². The first-order valence-corrected chi connectivity index (χ1v) is 11.0. The number of thioether (sulfide) groups is 1. The predicted octanol–water partition coefficient (Wildman–Crippen LogP) is 3.12. The maximum atomic E-state index is 12.7. The zero-order valence-corrected chi connectivity index (χ0v) is 19.1. The molecule has 29 heavy (non-hydrogen) atoms. The molecule has 0 unspecified atom stereocenters. The highest BCUT2D eigenvalue weighted by Gasteiger charge is 2.37. The summed E-state index contributed by atoms with van der Waals surface area (Å²) in [4.78, 5) is 40.2. The Hall–Kier alpha value is -1.80. The number of morpholine rings is 1. The van der Waals surface area contributed by atoms with Crippen LogP contribution < -0.4 is 4.74 Å². The fraction of sp³-hybridized carbons (Fsp3) is 0.316. The van der Waals surface area contributed by atoms with Crippen LogP contribution in [0.5, 0.6) is 5.75 Å². The number of benzene rings is 1. The molecule has 2 saturated heterocycles. The fourth-order valence-electron chi connectivity index (χ4n) is 2.75. The highest BCUT2D eigenvalue weighted by atomic mass is 79.9. The van der Waals surface area contributed by atoms with Gasteiger partial charge in [-0.25, -0.2) is 0 Å². The number of ether oxygens (including phenoxy) is 2. The highest BCUT2D eigenvalue weighted by molar-refractivity contribution is 9.11. The van der Waals surface area contributed by atoms with Gasteiger partial charge in [0, 0.05) is 13.1 Å². The molecule has 152 valence electrons. The number of hydrogen-bond acceptors (Lipinski definition) is 6. The standard InChI is InChI=1S/C19H16Br2N2O5S/c1-2-5-28-17-13(20)8-12(9-14(17)21)10-15-18(25)23(19(26)29-15)11-16(24)22-3-6-27-7-4-22/h1,8-10H,3-7,11H2/b15-10+. The molecule has 7 nitrogen and oxygen atoms in total. The number of nitrogens with zero attached hydrogens (tertiary/aromatic N) is 2. The lowest BCUT2D eigenvalue weighted by Crippen LogP contribution is -2.46. The van der Waals surface area contributed by atoms with Crippen molar-refractivity contribution in [2.45, 2.75) is 0 Å². The second-order valence-electron chi connectivity index (χ2n) is 6.07. The molecule has 0 aliphatic carbocycles. The number of hydrogen-bond donors (Lipinski definition) is 0. The van der Waals surface area contributed by atoms with Gasteiger partial charge in [-0.3, -0.25) is 19.3 Å². The van der Waals surface area contributed by atoms with Gasteiger partial charge in [0.2, 0.25) is 5.91 Å². The first-order valence-electron chi connectivity index (χ1n) is 8.57. The summed E-state index contributed by atoms with van der Waals surface area (Å²) in [6.07, 6.45) is 6.82. The minimum Gasteiger partial charge on any atom is -0.479 e. The van der Waals surface area contributed by atoms with Gasteiger partial charge in [0.15, 0.2) is 0 Å². The molecule has 0 spiro atoms. The van der Waals surface area contributed by atoms with Gasteiger partial charge in [0.25, 0.3) is 11.1 Å². The number of rotatable bonds is 5. The van der Waals surface area contributed by atoms with Crippen LogP contribution >= 0.6 is 43.6 Å². The third kappa shape index (κ3) is 5.22. The van der Waals surface area contributed by atoms with Crippen molar-refractivity contribution in [2.75, 3.05) is 39.5 Å². The summed E-state index contributed by atoms with van der Waals surface area (Å²) in [5.74, 6) is 2.19. The quantitative estimate of drug-likeness (QED) is 0.419. The molecular weight excluding hydrogens is 528 g/mol. The van der Waals surface area contributed by atoms with E-state index in [2.05, 4.69) is 37.8 Å². The van der Waals surface area contributed by atoms with Gasteiger partial charge in [-0.1, -0.05) is 5.92 Å². The summed E-state index contributed by atoms with van der Waals surface area (Å²) in [5, 5.41) is -0.463. The smallest absolute Gasteiger partial charge is 0.294 e. The molecule has 0 saturated carbocycles. The molecule has 3 rings (SSSR count). The lowest BCUT2D eigenvalue weighted by Gasteiger charge is -2.28. The zero-order chi connectivity index (χ0) is 21.0. The van der Waals surface area contributed by atoms with Crippen molar-refractivity contribution in [1.29, 1.82) is 0 Å². The number of imide groups is 1. The first kappa shape index (κ1) is 21.9. The van der Waals surface area contributed by atoms with Gasteiger partial charge in [0.05, 0.1) is 27.1 Å². The highest BCUT2D eigenvalue weighted by Crippen LogP contribution is 2.37. The van der Waals surface area contributed by atoms with Crippen molar-refractivity contribution < 1.29 is 23.9 Å². The number of halogens is 2. The van der Waals surface area contributed by atoms with Crippen molar-refractivity contribution in [2.24, 2.45) is 0 Å². The molecule has 2 aliphatic heterocycles. The van der Waals surface area contributed by atoms with Gasteiger partial charge in [-0.15, -0.1) is 6.42 Å². The molecule has 0 bridgehead atoms. The molecule has 0 aromatic heterocycles. The van der Waals surface area contributed by atoms with Gasteiger partial charge < -0.3 is 14.4 Å². The van der Waals surface area contributed by atoms with E-state index in [1.807, 2.05) is 0 Å². The predicted molar refractivity (Wildman–Crippen MR) is 116 cm³/mol. The Labute approximate surface area is 189 Å². The maximum Gasteiger partial charge on any atom is 0.294 e. The SMILES string of the molecule is C#CCOc1c(Br)cc(/C=C2/SC(=O)N(CC(=O)N3CCOCC3)C2=O)cc1Br. The molecule has 2 aliphatic rings. The number of amides is 3.